The maximum atomic E-state index is 13.5. The van der Waals surface area contributed by atoms with Crippen molar-refractivity contribution in [3.63, 3.8) is 0 Å². The van der Waals surface area contributed by atoms with Crippen molar-refractivity contribution < 1.29 is 19.4 Å². The molecule has 2 aromatic heterocycles. The largest absolute Gasteiger partial charge is 0.494 e. The summed E-state index contributed by atoms with van der Waals surface area (Å²) in [5.74, 6) is -0.853. The van der Waals surface area contributed by atoms with Gasteiger partial charge >= 0.3 is 0 Å². The van der Waals surface area contributed by atoms with Gasteiger partial charge in [-0.25, -0.2) is 0 Å². The van der Waals surface area contributed by atoms with Gasteiger partial charge in [-0.1, -0.05) is 6.92 Å². The lowest BCUT2D eigenvalue weighted by molar-refractivity contribution is -0.100. The van der Waals surface area contributed by atoms with Crippen LogP contribution in [0, 0.1) is 5.41 Å². The number of hydrogen-bond acceptors (Lipinski definition) is 6. The van der Waals surface area contributed by atoms with Crippen molar-refractivity contribution in [2.45, 2.75) is 90.5 Å². The van der Waals surface area contributed by atoms with Gasteiger partial charge in [0, 0.05) is 37.8 Å². The summed E-state index contributed by atoms with van der Waals surface area (Å²) in [6, 6.07) is 0.0588. The van der Waals surface area contributed by atoms with Gasteiger partial charge in [0.15, 0.2) is 5.56 Å². The van der Waals surface area contributed by atoms with Crippen molar-refractivity contribution in [2.24, 2.45) is 5.41 Å². The van der Waals surface area contributed by atoms with E-state index in [9.17, 15) is 14.7 Å². The number of ether oxygens (including phenoxy) is 2. The molecule has 4 heterocycles. The Balaban J connectivity index is 1.71. The van der Waals surface area contributed by atoms with Gasteiger partial charge in [-0.3, -0.25) is 14.2 Å². The molecule has 9 heteroatoms. The van der Waals surface area contributed by atoms with Gasteiger partial charge < -0.3 is 19.9 Å². The van der Waals surface area contributed by atoms with Crippen LogP contribution in [0.1, 0.15) is 82.6 Å². The summed E-state index contributed by atoms with van der Waals surface area (Å²) in [6.07, 6.45) is 7.75. The molecule has 1 saturated carbocycles. The first kappa shape index (κ1) is 24.1. The average Bonchev–Trinajstić information content (AvgIpc) is 3.43. The second-order valence-electron chi connectivity index (χ2n) is 11.9. The van der Waals surface area contributed by atoms with Gasteiger partial charge in [0.1, 0.15) is 5.65 Å². The van der Waals surface area contributed by atoms with Crippen molar-refractivity contribution in [1.82, 2.24) is 19.5 Å². The fourth-order valence-electron chi connectivity index (χ4n) is 5.53. The molecule has 0 spiro atoms. The minimum Gasteiger partial charge on any atom is -0.494 e. The number of nitrogens with one attached hydrogen (secondary N) is 1. The van der Waals surface area contributed by atoms with Crippen LogP contribution in [-0.4, -0.2) is 55.7 Å². The predicted molar refractivity (Wildman–Crippen MR) is 132 cm³/mol. The van der Waals surface area contributed by atoms with E-state index in [4.69, 9.17) is 9.47 Å². The Morgan fingerprint density at radius 1 is 1.20 bits per heavy atom. The molecule has 2 N–H and O–H groups in total. The van der Waals surface area contributed by atoms with Crippen LogP contribution in [0.2, 0.25) is 0 Å². The van der Waals surface area contributed by atoms with Gasteiger partial charge in [0.2, 0.25) is 5.88 Å². The third-order valence-electron chi connectivity index (χ3n) is 7.29. The summed E-state index contributed by atoms with van der Waals surface area (Å²) in [5, 5.41) is 18.7. The van der Waals surface area contributed by atoms with Crippen LogP contribution in [0.3, 0.4) is 0 Å². The molecule has 2 aromatic rings. The van der Waals surface area contributed by atoms with E-state index in [1.807, 2.05) is 27.7 Å². The van der Waals surface area contributed by atoms with Crippen LogP contribution in [-0.2, 0) is 16.0 Å². The van der Waals surface area contributed by atoms with E-state index in [1.54, 1.807) is 10.8 Å². The molecule has 1 amide bonds. The molecular weight excluding hydrogens is 448 g/mol. The monoisotopic (exact) mass is 484 g/mol. The third kappa shape index (κ3) is 4.63. The maximum Gasteiger partial charge on any atom is 0.291 e. The third-order valence-corrected chi connectivity index (χ3v) is 7.29. The Morgan fingerprint density at radius 3 is 2.51 bits per heavy atom. The molecule has 5 rings (SSSR count). The molecule has 3 aliphatic rings. The molecule has 1 saturated heterocycles. The average molecular weight is 485 g/mol. The normalized spacial score (nSPS) is 23.2. The number of carbonyl (C=O) groups excluding carboxylic acids is 1. The van der Waals surface area contributed by atoms with E-state index in [0.717, 1.165) is 36.8 Å². The highest BCUT2D eigenvalue weighted by Crippen LogP contribution is 2.41. The van der Waals surface area contributed by atoms with E-state index >= 15 is 0 Å². The van der Waals surface area contributed by atoms with Crippen molar-refractivity contribution >= 4 is 17.1 Å². The lowest BCUT2D eigenvalue weighted by Crippen LogP contribution is -2.40. The molecule has 190 valence electrons. The first-order valence-electron chi connectivity index (χ1n) is 12.5. The maximum absolute atomic E-state index is 13.5. The molecule has 2 fully saturated rings. The van der Waals surface area contributed by atoms with Crippen LogP contribution in [0.5, 0.6) is 5.88 Å². The number of aromatic nitrogens is 3. The number of nitrogens with zero attached hydrogens (tertiary/aromatic N) is 3. The molecular formula is C26H36N4O5. The van der Waals surface area contributed by atoms with Gasteiger partial charge in [0.25, 0.3) is 11.5 Å². The van der Waals surface area contributed by atoms with Crippen molar-refractivity contribution in [3.05, 3.63) is 33.8 Å². The first-order chi connectivity index (χ1) is 16.4. The van der Waals surface area contributed by atoms with Gasteiger partial charge in [0.05, 0.1) is 17.4 Å². The highest BCUT2D eigenvalue weighted by molar-refractivity contribution is 5.97. The fourth-order valence-corrected chi connectivity index (χ4v) is 5.53. The number of fused-ring (bicyclic) bond motifs is 1. The number of carbonyl (C=O) groups is 1. The Hall–Kier alpha value is -2.65. The summed E-state index contributed by atoms with van der Waals surface area (Å²) < 4.78 is 14.8. The van der Waals surface area contributed by atoms with E-state index in [2.05, 4.69) is 23.4 Å². The Labute approximate surface area is 205 Å². The zero-order valence-electron chi connectivity index (χ0n) is 21.3. The highest BCUT2D eigenvalue weighted by atomic mass is 16.5. The van der Waals surface area contributed by atoms with E-state index < -0.39 is 22.7 Å². The number of amides is 1. The molecule has 0 bridgehead atoms. The smallest absolute Gasteiger partial charge is 0.291 e. The number of rotatable bonds is 5. The van der Waals surface area contributed by atoms with Gasteiger partial charge in [-0.2, -0.15) is 9.61 Å². The SMILES string of the molecule is CC1(Cn2c(O)c(C(=O)NC3CC3)c(=O)n3ncc(C4=CC(C)(C)OC(C)(C)C4)c23)CCOCC1. The summed E-state index contributed by atoms with van der Waals surface area (Å²) >= 11 is 0. The van der Waals surface area contributed by atoms with Crippen LogP contribution in [0.15, 0.2) is 17.1 Å². The summed E-state index contributed by atoms with van der Waals surface area (Å²) in [7, 11) is 0. The first-order valence-corrected chi connectivity index (χ1v) is 12.5. The van der Waals surface area contributed by atoms with Crippen LogP contribution in [0.4, 0.5) is 0 Å². The fraction of sp³-hybridized carbons (Fsp3) is 0.654. The van der Waals surface area contributed by atoms with Crippen LogP contribution >= 0.6 is 0 Å². The Kier molecular flexibility index (Phi) is 5.64. The highest BCUT2D eigenvalue weighted by Gasteiger charge is 2.37. The van der Waals surface area contributed by atoms with Crippen molar-refractivity contribution in [1.29, 1.82) is 0 Å². The van der Waals surface area contributed by atoms with E-state index in [1.165, 1.54) is 4.52 Å². The molecule has 9 nitrogen and oxygen atoms in total. The molecule has 0 unspecified atom stereocenters. The Morgan fingerprint density at radius 2 is 1.89 bits per heavy atom. The standard InChI is InChI=1S/C26H36N4O5/c1-24(2)12-16(13-25(3,4)35-24)18-14-27-30-21(18)29(15-26(5)8-10-34-11-9-26)22(32)19(23(30)33)20(31)28-17-6-7-17/h12,14,17,32H,6-11,13,15H2,1-5H3,(H,28,31). The summed E-state index contributed by atoms with van der Waals surface area (Å²) in [5.41, 5.74) is 0.328. The topological polar surface area (TPSA) is 107 Å². The second-order valence-corrected chi connectivity index (χ2v) is 11.9. The quantitative estimate of drug-likeness (QED) is 0.675. The molecule has 2 aliphatic heterocycles. The summed E-state index contributed by atoms with van der Waals surface area (Å²) in [4.78, 5) is 26.5. The Bertz CT molecular complexity index is 1260. The predicted octanol–water partition coefficient (Wildman–Crippen LogP) is 3.27. The lowest BCUT2D eigenvalue weighted by Gasteiger charge is -2.40. The zero-order chi connectivity index (χ0) is 25.2. The molecule has 0 radical (unpaired) electrons. The number of hydrogen-bond donors (Lipinski definition) is 2. The van der Waals surface area contributed by atoms with Crippen LogP contribution in [0.25, 0.3) is 11.2 Å². The molecule has 0 aromatic carbocycles. The van der Waals surface area contributed by atoms with Crippen molar-refractivity contribution in [2.75, 3.05) is 13.2 Å². The van der Waals surface area contributed by atoms with Gasteiger partial charge in [-0.05, 0) is 70.4 Å². The zero-order valence-corrected chi connectivity index (χ0v) is 21.3. The summed E-state index contributed by atoms with van der Waals surface area (Å²) in [6.45, 7) is 12.0. The molecule has 1 aliphatic carbocycles. The second kappa shape index (κ2) is 8.20. The van der Waals surface area contributed by atoms with Gasteiger partial charge in [-0.15, -0.1) is 0 Å². The molecule has 35 heavy (non-hydrogen) atoms. The molecule has 0 atom stereocenters. The number of aromatic hydroxyl groups is 1. The van der Waals surface area contributed by atoms with Crippen molar-refractivity contribution in [3.8, 4) is 5.88 Å². The van der Waals surface area contributed by atoms with E-state index in [0.29, 0.717) is 31.8 Å². The van der Waals surface area contributed by atoms with E-state index in [-0.39, 0.29) is 22.9 Å². The van der Waals surface area contributed by atoms with Crippen LogP contribution < -0.4 is 10.9 Å². The minimum absolute atomic E-state index is 0.0588. The minimum atomic E-state index is -0.610. The lowest BCUT2D eigenvalue weighted by atomic mass is 9.82.